The number of aliphatic hydroxyl groups is 1. The Bertz CT molecular complexity index is 578. The molecule has 0 radical (unpaired) electrons. The van der Waals surface area contributed by atoms with Crippen molar-refractivity contribution in [3.8, 4) is 5.75 Å². The predicted octanol–water partition coefficient (Wildman–Crippen LogP) is 1.98. The zero-order valence-electron chi connectivity index (χ0n) is 13.7. The fraction of sp³-hybridized carbons (Fsp3) is 0.611. The Labute approximate surface area is 141 Å². The third kappa shape index (κ3) is 4.45. The molecule has 0 bridgehead atoms. The monoisotopic (exact) mass is 337 g/mol. The van der Waals surface area contributed by atoms with E-state index in [1.165, 1.54) is 18.6 Å². The number of hydrogen-bond donors (Lipinski definition) is 1. The lowest BCUT2D eigenvalue weighted by Gasteiger charge is -2.32. The lowest BCUT2D eigenvalue weighted by Crippen LogP contribution is -2.50. The second kappa shape index (κ2) is 7.49. The summed E-state index contributed by atoms with van der Waals surface area (Å²) < 4.78 is 24.2. The minimum atomic E-state index is -1.29. The quantitative estimate of drug-likeness (QED) is 0.893. The number of halogens is 1. The van der Waals surface area contributed by atoms with Crippen molar-refractivity contribution >= 4 is 5.91 Å². The topological polar surface area (TPSA) is 59.0 Å². The van der Waals surface area contributed by atoms with Gasteiger partial charge in [0.05, 0.1) is 19.8 Å². The second-order valence-corrected chi connectivity index (χ2v) is 6.84. The number of hydrogen-bond acceptors (Lipinski definition) is 4. The normalized spacial score (nSPS) is 25.0. The van der Waals surface area contributed by atoms with Crippen molar-refractivity contribution < 1.29 is 23.8 Å². The van der Waals surface area contributed by atoms with Crippen molar-refractivity contribution in [1.29, 1.82) is 0 Å². The standard InChI is InChI=1S/C18H24FNO4/c19-15-5-2-6-16(10-15)24-13-18(22)11-20(7-8-23-12-18)17(21)9-14-3-1-4-14/h2,5-6,10,14,22H,1,3-4,7-9,11-13H2/t18-/m0/s1. The highest BCUT2D eigenvalue weighted by Gasteiger charge is 2.36. The molecule has 24 heavy (non-hydrogen) atoms. The fourth-order valence-corrected chi connectivity index (χ4v) is 3.06. The molecule has 3 rings (SSSR count). The number of carbonyl (C=O) groups excluding carboxylic acids is 1. The van der Waals surface area contributed by atoms with Crippen LogP contribution in [-0.2, 0) is 9.53 Å². The zero-order chi connectivity index (χ0) is 17.0. The summed E-state index contributed by atoms with van der Waals surface area (Å²) in [5, 5.41) is 10.8. The van der Waals surface area contributed by atoms with Gasteiger partial charge in [-0.15, -0.1) is 0 Å². The van der Waals surface area contributed by atoms with Crippen molar-refractivity contribution in [3.63, 3.8) is 0 Å². The minimum absolute atomic E-state index is 0.0519. The Morgan fingerprint density at radius 2 is 2.29 bits per heavy atom. The summed E-state index contributed by atoms with van der Waals surface area (Å²) in [6, 6.07) is 5.77. The van der Waals surface area contributed by atoms with Gasteiger partial charge >= 0.3 is 0 Å². The third-order valence-electron chi connectivity index (χ3n) is 4.71. The average molecular weight is 337 g/mol. The largest absolute Gasteiger partial charge is 0.490 e. The van der Waals surface area contributed by atoms with Crippen molar-refractivity contribution in [2.24, 2.45) is 5.92 Å². The Morgan fingerprint density at radius 3 is 3.00 bits per heavy atom. The molecule has 2 fully saturated rings. The highest BCUT2D eigenvalue weighted by molar-refractivity contribution is 5.76. The molecular weight excluding hydrogens is 313 g/mol. The van der Waals surface area contributed by atoms with Gasteiger partial charge in [-0.05, 0) is 30.9 Å². The smallest absolute Gasteiger partial charge is 0.223 e. The summed E-state index contributed by atoms with van der Waals surface area (Å²) in [6.07, 6.45) is 3.97. The highest BCUT2D eigenvalue weighted by Crippen LogP contribution is 2.30. The van der Waals surface area contributed by atoms with E-state index in [1.54, 1.807) is 17.0 Å². The number of β-amino-alcohol motifs (C(OH)–C–C–N with tert-alkyl or cyclic N) is 1. The first-order chi connectivity index (χ1) is 11.5. The summed E-state index contributed by atoms with van der Waals surface area (Å²) in [6.45, 7) is 1.10. The number of carbonyl (C=O) groups is 1. The SMILES string of the molecule is O=C(CC1CCC1)N1CCOC[C@](O)(COc2cccc(F)c2)C1. The molecule has 1 aromatic carbocycles. The molecule has 1 heterocycles. The van der Waals surface area contributed by atoms with E-state index >= 15 is 0 Å². The third-order valence-corrected chi connectivity index (χ3v) is 4.71. The summed E-state index contributed by atoms with van der Waals surface area (Å²) in [7, 11) is 0. The molecule has 1 aliphatic heterocycles. The molecule has 1 aliphatic carbocycles. The van der Waals surface area contributed by atoms with Gasteiger partial charge in [-0.2, -0.15) is 0 Å². The van der Waals surface area contributed by atoms with Gasteiger partial charge < -0.3 is 19.5 Å². The highest BCUT2D eigenvalue weighted by atomic mass is 19.1. The van der Waals surface area contributed by atoms with Gasteiger partial charge in [0.15, 0.2) is 0 Å². The second-order valence-electron chi connectivity index (χ2n) is 6.84. The van der Waals surface area contributed by atoms with E-state index in [0.29, 0.717) is 31.2 Å². The molecule has 132 valence electrons. The molecule has 1 saturated carbocycles. The van der Waals surface area contributed by atoms with Gasteiger partial charge in [-0.3, -0.25) is 4.79 Å². The van der Waals surface area contributed by atoms with E-state index in [-0.39, 0.29) is 25.7 Å². The van der Waals surface area contributed by atoms with E-state index < -0.39 is 11.4 Å². The maximum Gasteiger partial charge on any atom is 0.223 e. The first-order valence-electron chi connectivity index (χ1n) is 8.50. The lowest BCUT2D eigenvalue weighted by atomic mass is 9.82. The van der Waals surface area contributed by atoms with Crippen LogP contribution in [0.1, 0.15) is 25.7 Å². The van der Waals surface area contributed by atoms with Crippen LogP contribution in [0.2, 0.25) is 0 Å². The van der Waals surface area contributed by atoms with Crippen LogP contribution in [0, 0.1) is 11.7 Å². The molecule has 6 heteroatoms. The van der Waals surface area contributed by atoms with Crippen LogP contribution in [0.5, 0.6) is 5.75 Å². The molecule has 2 aliphatic rings. The molecule has 5 nitrogen and oxygen atoms in total. The number of nitrogens with zero attached hydrogens (tertiary/aromatic N) is 1. The minimum Gasteiger partial charge on any atom is -0.490 e. The van der Waals surface area contributed by atoms with Crippen molar-refractivity contribution in [2.75, 3.05) is 32.9 Å². The van der Waals surface area contributed by atoms with Crippen LogP contribution in [0.3, 0.4) is 0 Å². The molecule has 1 saturated heterocycles. The van der Waals surface area contributed by atoms with E-state index in [1.807, 2.05) is 0 Å². The van der Waals surface area contributed by atoms with Crippen molar-refractivity contribution in [1.82, 2.24) is 4.90 Å². The lowest BCUT2D eigenvalue weighted by molar-refractivity contribution is -0.136. The first kappa shape index (κ1) is 17.2. The number of ether oxygens (including phenoxy) is 2. The van der Waals surface area contributed by atoms with E-state index in [0.717, 1.165) is 12.8 Å². The molecule has 1 aromatic rings. The summed E-state index contributed by atoms with van der Waals surface area (Å²) in [4.78, 5) is 14.1. The summed E-state index contributed by atoms with van der Waals surface area (Å²) in [5.74, 6) is 0.501. The van der Waals surface area contributed by atoms with Gasteiger partial charge in [-0.1, -0.05) is 12.5 Å². The zero-order valence-corrected chi connectivity index (χ0v) is 13.7. The Hall–Kier alpha value is -1.66. The summed E-state index contributed by atoms with van der Waals surface area (Å²) >= 11 is 0. The van der Waals surface area contributed by atoms with Gasteiger partial charge in [0.2, 0.25) is 5.91 Å². The van der Waals surface area contributed by atoms with Crippen molar-refractivity contribution in [3.05, 3.63) is 30.1 Å². The average Bonchev–Trinajstić information content (AvgIpc) is 2.71. The maximum atomic E-state index is 13.2. The van der Waals surface area contributed by atoms with Crippen LogP contribution in [0.15, 0.2) is 24.3 Å². The van der Waals surface area contributed by atoms with Crippen LogP contribution in [0.25, 0.3) is 0 Å². The Balaban J connectivity index is 1.58. The predicted molar refractivity (Wildman–Crippen MR) is 86.2 cm³/mol. The maximum absolute atomic E-state index is 13.2. The van der Waals surface area contributed by atoms with Crippen LogP contribution in [-0.4, -0.2) is 54.4 Å². The molecule has 0 spiro atoms. The van der Waals surface area contributed by atoms with Gasteiger partial charge in [0.1, 0.15) is 23.8 Å². The number of benzene rings is 1. The molecule has 1 atom stereocenters. The first-order valence-corrected chi connectivity index (χ1v) is 8.50. The van der Waals surface area contributed by atoms with Crippen LogP contribution >= 0.6 is 0 Å². The van der Waals surface area contributed by atoms with E-state index in [4.69, 9.17) is 9.47 Å². The summed E-state index contributed by atoms with van der Waals surface area (Å²) in [5.41, 5.74) is -1.29. The number of rotatable bonds is 5. The number of amides is 1. The molecule has 0 aromatic heterocycles. The van der Waals surface area contributed by atoms with Crippen LogP contribution < -0.4 is 4.74 Å². The van der Waals surface area contributed by atoms with Gasteiger partial charge in [0.25, 0.3) is 0 Å². The van der Waals surface area contributed by atoms with Gasteiger partial charge in [-0.25, -0.2) is 4.39 Å². The Kier molecular flexibility index (Phi) is 5.36. The molecule has 0 unspecified atom stereocenters. The molecule has 1 N–H and O–H groups in total. The van der Waals surface area contributed by atoms with E-state index in [9.17, 15) is 14.3 Å². The molecule has 1 amide bonds. The fourth-order valence-electron chi connectivity index (χ4n) is 3.06. The molecular formula is C18H24FNO4. The van der Waals surface area contributed by atoms with Crippen LogP contribution in [0.4, 0.5) is 4.39 Å². The Morgan fingerprint density at radius 1 is 1.46 bits per heavy atom. The van der Waals surface area contributed by atoms with E-state index in [2.05, 4.69) is 0 Å². The van der Waals surface area contributed by atoms with Gasteiger partial charge in [0, 0.05) is 19.0 Å². The van der Waals surface area contributed by atoms with Crippen molar-refractivity contribution in [2.45, 2.75) is 31.3 Å².